The van der Waals surface area contributed by atoms with E-state index in [1.54, 1.807) is 18.2 Å². The van der Waals surface area contributed by atoms with Crippen LogP contribution in [0.25, 0.3) is 11.0 Å². The molecule has 0 aliphatic carbocycles. The molecule has 0 amide bonds. The van der Waals surface area contributed by atoms with Crippen LogP contribution in [0.3, 0.4) is 0 Å². The average molecular weight is 231 g/mol. The number of fused-ring (bicyclic) bond motifs is 1. The molecule has 0 aliphatic rings. The second-order valence-electron chi connectivity index (χ2n) is 2.94. The monoisotopic (exact) mass is 230 g/mol. The Morgan fingerprint density at radius 2 is 2.07 bits per heavy atom. The molecule has 74 valence electrons. The molecular formula is C9H7ClO3S. The summed E-state index contributed by atoms with van der Waals surface area (Å²) in [7, 11) is 1.63. The minimum absolute atomic E-state index is 0.209. The molecule has 1 heterocycles. The van der Waals surface area contributed by atoms with E-state index < -0.39 is 9.05 Å². The molecule has 0 aliphatic heterocycles. The largest absolute Gasteiger partial charge is 0.464 e. The molecule has 0 unspecified atom stereocenters. The van der Waals surface area contributed by atoms with Crippen LogP contribution in [0.5, 0.6) is 0 Å². The molecule has 2 rings (SSSR count). The van der Waals surface area contributed by atoms with Gasteiger partial charge in [0.05, 0.1) is 12.0 Å². The highest BCUT2D eigenvalue weighted by Gasteiger charge is 2.11. The van der Waals surface area contributed by atoms with Crippen LogP contribution in [0, 0.1) is 0 Å². The third kappa shape index (κ3) is 1.91. The second kappa shape index (κ2) is 3.29. The Bertz CT molecular complexity index is 556. The van der Waals surface area contributed by atoms with Gasteiger partial charge in [0.1, 0.15) is 5.58 Å². The predicted molar refractivity (Wildman–Crippen MR) is 54.7 cm³/mol. The summed E-state index contributed by atoms with van der Waals surface area (Å²) in [6.45, 7) is 0. The van der Waals surface area contributed by atoms with E-state index in [1.807, 2.05) is 6.07 Å². The number of para-hydroxylation sites is 1. The van der Waals surface area contributed by atoms with Gasteiger partial charge in [-0.15, -0.1) is 0 Å². The van der Waals surface area contributed by atoms with E-state index in [9.17, 15) is 8.42 Å². The van der Waals surface area contributed by atoms with Gasteiger partial charge in [0.25, 0.3) is 0 Å². The SMILES string of the molecule is O=S(=O)(Cl)Cc1cccc2ccoc12. The molecule has 0 saturated carbocycles. The summed E-state index contributed by atoms with van der Waals surface area (Å²) < 4.78 is 27.0. The Morgan fingerprint density at radius 3 is 2.79 bits per heavy atom. The lowest BCUT2D eigenvalue weighted by Crippen LogP contribution is -1.94. The molecule has 0 bridgehead atoms. The smallest absolute Gasteiger partial charge is 0.236 e. The fourth-order valence-corrected chi connectivity index (χ4v) is 2.31. The molecule has 14 heavy (non-hydrogen) atoms. The topological polar surface area (TPSA) is 47.3 Å². The van der Waals surface area contributed by atoms with Crippen molar-refractivity contribution >= 4 is 30.7 Å². The first-order valence-electron chi connectivity index (χ1n) is 3.94. The summed E-state index contributed by atoms with van der Waals surface area (Å²) in [5, 5.41) is 0.878. The quantitative estimate of drug-likeness (QED) is 0.745. The van der Waals surface area contributed by atoms with Gasteiger partial charge in [0, 0.05) is 21.6 Å². The number of hydrogen-bond acceptors (Lipinski definition) is 3. The van der Waals surface area contributed by atoms with Crippen LogP contribution >= 0.6 is 10.7 Å². The average Bonchev–Trinajstić information content (AvgIpc) is 2.49. The molecule has 1 aromatic carbocycles. The molecule has 0 atom stereocenters. The first-order valence-corrected chi connectivity index (χ1v) is 6.41. The zero-order valence-electron chi connectivity index (χ0n) is 7.10. The lowest BCUT2D eigenvalue weighted by Gasteiger charge is -1.98. The molecule has 5 heteroatoms. The van der Waals surface area contributed by atoms with Gasteiger partial charge in [-0.3, -0.25) is 0 Å². The third-order valence-corrected chi connectivity index (χ3v) is 2.87. The zero-order valence-corrected chi connectivity index (χ0v) is 8.68. The summed E-state index contributed by atoms with van der Waals surface area (Å²) in [5.41, 5.74) is 1.17. The number of benzene rings is 1. The van der Waals surface area contributed by atoms with E-state index >= 15 is 0 Å². The first-order chi connectivity index (χ1) is 6.56. The van der Waals surface area contributed by atoms with E-state index in [4.69, 9.17) is 15.1 Å². The Hall–Kier alpha value is -1.00. The van der Waals surface area contributed by atoms with Crippen LogP contribution in [0.2, 0.25) is 0 Å². The molecular weight excluding hydrogens is 224 g/mol. The Balaban J connectivity index is 2.57. The van der Waals surface area contributed by atoms with E-state index in [1.165, 1.54) is 6.26 Å². The van der Waals surface area contributed by atoms with Crippen LogP contribution in [-0.4, -0.2) is 8.42 Å². The molecule has 0 spiro atoms. The van der Waals surface area contributed by atoms with Gasteiger partial charge in [-0.1, -0.05) is 18.2 Å². The highest BCUT2D eigenvalue weighted by molar-refractivity contribution is 8.13. The number of hydrogen-bond donors (Lipinski definition) is 0. The van der Waals surface area contributed by atoms with Gasteiger partial charge in [-0.05, 0) is 6.07 Å². The maximum absolute atomic E-state index is 10.9. The second-order valence-corrected chi connectivity index (χ2v) is 5.72. The van der Waals surface area contributed by atoms with Gasteiger partial charge in [0.15, 0.2) is 0 Å². The van der Waals surface area contributed by atoms with Gasteiger partial charge in [-0.25, -0.2) is 8.42 Å². The van der Waals surface area contributed by atoms with Gasteiger partial charge in [-0.2, -0.15) is 0 Å². The standard InChI is InChI=1S/C9H7ClO3S/c10-14(11,12)6-8-3-1-2-7-4-5-13-9(7)8/h1-5H,6H2. The highest BCUT2D eigenvalue weighted by atomic mass is 35.7. The van der Waals surface area contributed by atoms with Crippen molar-refractivity contribution in [2.24, 2.45) is 0 Å². The van der Waals surface area contributed by atoms with Gasteiger partial charge < -0.3 is 4.42 Å². The Labute approximate surface area is 85.7 Å². The van der Waals surface area contributed by atoms with Crippen molar-refractivity contribution in [3.05, 3.63) is 36.1 Å². The highest BCUT2D eigenvalue weighted by Crippen LogP contribution is 2.22. The lowest BCUT2D eigenvalue weighted by atomic mass is 10.2. The van der Waals surface area contributed by atoms with Crippen molar-refractivity contribution in [2.45, 2.75) is 5.75 Å². The molecule has 0 N–H and O–H groups in total. The van der Waals surface area contributed by atoms with E-state index in [0.717, 1.165) is 5.39 Å². The van der Waals surface area contributed by atoms with Crippen molar-refractivity contribution in [1.29, 1.82) is 0 Å². The van der Waals surface area contributed by atoms with Crippen molar-refractivity contribution in [3.8, 4) is 0 Å². The van der Waals surface area contributed by atoms with Gasteiger partial charge in [0.2, 0.25) is 9.05 Å². The maximum Gasteiger partial charge on any atom is 0.236 e. The lowest BCUT2D eigenvalue weighted by molar-refractivity contribution is 0.602. The predicted octanol–water partition coefficient (Wildman–Crippen LogP) is 2.50. The summed E-state index contributed by atoms with van der Waals surface area (Å²) >= 11 is 0. The number of rotatable bonds is 2. The van der Waals surface area contributed by atoms with E-state index in [2.05, 4.69) is 0 Å². The summed E-state index contributed by atoms with van der Waals surface area (Å²) in [6.07, 6.45) is 1.52. The fraction of sp³-hybridized carbons (Fsp3) is 0.111. The molecule has 1 aromatic heterocycles. The third-order valence-electron chi connectivity index (χ3n) is 1.89. The van der Waals surface area contributed by atoms with E-state index in [0.29, 0.717) is 11.1 Å². The first kappa shape index (κ1) is 9.55. The van der Waals surface area contributed by atoms with Crippen LogP contribution in [-0.2, 0) is 14.8 Å². The van der Waals surface area contributed by atoms with Gasteiger partial charge >= 0.3 is 0 Å². The minimum atomic E-state index is -3.53. The van der Waals surface area contributed by atoms with Crippen molar-refractivity contribution in [1.82, 2.24) is 0 Å². The van der Waals surface area contributed by atoms with Crippen LogP contribution in [0.15, 0.2) is 34.9 Å². The van der Waals surface area contributed by atoms with Crippen molar-refractivity contribution in [3.63, 3.8) is 0 Å². The summed E-state index contributed by atoms with van der Waals surface area (Å²) in [5.74, 6) is -0.209. The van der Waals surface area contributed by atoms with Crippen LogP contribution in [0.4, 0.5) is 0 Å². The Morgan fingerprint density at radius 1 is 1.29 bits per heavy atom. The normalized spacial score (nSPS) is 12.1. The molecule has 3 nitrogen and oxygen atoms in total. The fourth-order valence-electron chi connectivity index (χ4n) is 1.35. The Kier molecular flexibility index (Phi) is 2.25. The van der Waals surface area contributed by atoms with Crippen LogP contribution < -0.4 is 0 Å². The molecule has 0 fully saturated rings. The van der Waals surface area contributed by atoms with Crippen molar-refractivity contribution < 1.29 is 12.8 Å². The van der Waals surface area contributed by atoms with Crippen molar-refractivity contribution in [2.75, 3.05) is 0 Å². The maximum atomic E-state index is 10.9. The summed E-state index contributed by atoms with van der Waals surface area (Å²) in [6, 6.07) is 7.09. The zero-order chi connectivity index (χ0) is 10.2. The summed E-state index contributed by atoms with van der Waals surface area (Å²) in [4.78, 5) is 0. The molecule has 2 aromatic rings. The molecule has 0 radical (unpaired) electrons. The minimum Gasteiger partial charge on any atom is -0.464 e. The van der Waals surface area contributed by atoms with Crippen LogP contribution in [0.1, 0.15) is 5.56 Å². The van der Waals surface area contributed by atoms with E-state index in [-0.39, 0.29) is 5.75 Å². The molecule has 0 saturated heterocycles. The number of furan rings is 1. The number of halogens is 1.